The molecule has 1 fully saturated rings. The Morgan fingerprint density at radius 1 is 1.18 bits per heavy atom. The van der Waals surface area contributed by atoms with Crippen LogP contribution in [0.4, 0.5) is 23.7 Å². The summed E-state index contributed by atoms with van der Waals surface area (Å²) in [5, 5.41) is 15.7. The van der Waals surface area contributed by atoms with Gasteiger partial charge in [-0.25, -0.2) is 9.78 Å². The highest BCUT2D eigenvalue weighted by Crippen LogP contribution is 2.34. The molecule has 0 aliphatic carbocycles. The number of imide groups is 1. The Balaban J connectivity index is 1.54. The number of amides is 3. The van der Waals surface area contributed by atoms with E-state index in [2.05, 4.69) is 10.3 Å². The van der Waals surface area contributed by atoms with E-state index in [9.17, 15) is 32.9 Å². The number of carbonyl (C=O) groups excluding carboxylic acids is 2. The monoisotopic (exact) mass is 476 g/mol. The Bertz CT molecular complexity index is 1260. The average Bonchev–Trinajstić information content (AvgIpc) is 3.32. The van der Waals surface area contributed by atoms with Gasteiger partial charge in [-0.3, -0.25) is 19.8 Å². The number of urea groups is 1. The van der Waals surface area contributed by atoms with Crippen molar-refractivity contribution in [1.29, 1.82) is 0 Å². The van der Waals surface area contributed by atoms with E-state index < -0.39 is 34.1 Å². The fourth-order valence-corrected chi connectivity index (χ4v) is 4.26. The Kier molecular flexibility index (Phi) is 5.40. The molecule has 1 N–H and O–H groups in total. The van der Waals surface area contributed by atoms with Gasteiger partial charge in [-0.05, 0) is 24.6 Å². The quantitative estimate of drug-likeness (QED) is 0.326. The van der Waals surface area contributed by atoms with Crippen LogP contribution in [-0.2, 0) is 23.1 Å². The number of nitro benzene ring substituents is 1. The molecule has 1 aromatic heterocycles. The van der Waals surface area contributed by atoms with Crippen LogP contribution in [0.3, 0.4) is 0 Å². The highest BCUT2D eigenvalue weighted by Gasteiger charge is 2.49. The van der Waals surface area contributed by atoms with Gasteiger partial charge in [-0.1, -0.05) is 24.3 Å². The minimum atomic E-state index is -4.44. The van der Waals surface area contributed by atoms with Crippen molar-refractivity contribution in [3.8, 4) is 10.6 Å². The van der Waals surface area contributed by atoms with Crippen molar-refractivity contribution in [3.63, 3.8) is 0 Å². The molecule has 4 rings (SSSR count). The highest BCUT2D eigenvalue weighted by molar-refractivity contribution is 7.13. The second kappa shape index (κ2) is 7.96. The van der Waals surface area contributed by atoms with Crippen molar-refractivity contribution in [1.82, 2.24) is 15.2 Å². The predicted octanol–water partition coefficient (Wildman–Crippen LogP) is 4.70. The van der Waals surface area contributed by atoms with Gasteiger partial charge in [0.25, 0.3) is 11.6 Å². The molecule has 2 aromatic carbocycles. The molecule has 1 aliphatic heterocycles. The van der Waals surface area contributed by atoms with E-state index in [-0.39, 0.29) is 17.8 Å². The van der Waals surface area contributed by atoms with Crippen LogP contribution in [0, 0.1) is 10.1 Å². The zero-order chi connectivity index (χ0) is 24.0. The third-order valence-electron chi connectivity index (χ3n) is 5.24. The lowest BCUT2D eigenvalue weighted by molar-refractivity contribution is -0.385. The molecule has 1 saturated heterocycles. The molecule has 1 unspecified atom stereocenters. The second-order valence-corrected chi connectivity index (χ2v) is 8.33. The molecule has 3 amide bonds. The first-order valence-corrected chi connectivity index (χ1v) is 10.4. The van der Waals surface area contributed by atoms with Gasteiger partial charge in [0.05, 0.1) is 22.7 Å². The van der Waals surface area contributed by atoms with E-state index in [0.29, 0.717) is 16.3 Å². The molecule has 2 heterocycles. The zero-order valence-electron chi connectivity index (χ0n) is 16.9. The Labute approximate surface area is 188 Å². The summed E-state index contributed by atoms with van der Waals surface area (Å²) in [6.45, 7) is 1.30. The van der Waals surface area contributed by atoms with Crippen LogP contribution in [0.25, 0.3) is 10.6 Å². The maximum absolute atomic E-state index is 13.1. The summed E-state index contributed by atoms with van der Waals surface area (Å²) in [6, 6.07) is 9.29. The van der Waals surface area contributed by atoms with Crippen LogP contribution in [0.1, 0.15) is 23.7 Å². The van der Waals surface area contributed by atoms with Gasteiger partial charge in [-0.2, -0.15) is 13.2 Å². The summed E-state index contributed by atoms with van der Waals surface area (Å²) in [7, 11) is 0. The third kappa shape index (κ3) is 4.16. The molecule has 0 saturated carbocycles. The van der Waals surface area contributed by atoms with Crippen LogP contribution in [-0.4, -0.2) is 26.7 Å². The van der Waals surface area contributed by atoms with Crippen molar-refractivity contribution in [2.75, 3.05) is 0 Å². The number of thiazole rings is 1. The third-order valence-corrected chi connectivity index (χ3v) is 6.18. The van der Waals surface area contributed by atoms with E-state index >= 15 is 0 Å². The number of nitro groups is 1. The maximum atomic E-state index is 13.1. The van der Waals surface area contributed by atoms with Gasteiger partial charge in [0.1, 0.15) is 10.5 Å². The van der Waals surface area contributed by atoms with E-state index in [4.69, 9.17) is 0 Å². The lowest BCUT2D eigenvalue weighted by atomic mass is 9.91. The van der Waals surface area contributed by atoms with Crippen LogP contribution < -0.4 is 5.32 Å². The number of benzene rings is 2. The zero-order valence-corrected chi connectivity index (χ0v) is 17.7. The molecular formula is C21H15F3N4O4S. The van der Waals surface area contributed by atoms with Gasteiger partial charge in [0, 0.05) is 23.1 Å². The summed E-state index contributed by atoms with van der Waals surface area (Å²) >= 11 is 1.17. The van der Waals surface area contributed by atoms with E-state index in [1.165, 1.54) is 54.7 Å². The minimum Gasteiger partial charge on any atom is -0.319 e. The summed E-state index contributed by atoms with van der Waals surface area (Å²) in [5.74, 6) is -0.600. The van der Waals surface area contributed by atoms with Gasteiger partial charge in [0.2, 0.25) is 0 Å². The lowest BCUT2D eigenvalue weighted by Gasteiger charge is -2.21. The van der Waals surface area contributed by atoms with Crippen LogP contribution in [0.15, 0.2) is 53.9 Å². The van der Waals surface area contributed by atoms with E-state index in [1.54, 1.807) is 5.38 Å². The molecule has 0 bridgehead atoms. The molecule has 170 valence electrons. The average molecular weight is 476 g/mol. The molecule has 0 spiro atoms. The van der Waals surface area contributed by atoms with E-state index in [1.807, 2.05) is 0 Å². The number of nitrogens with zero attached hydrogens (tertiary/aromatic N) is 3. The van der Waals surface area contributed by atoms with Gasteiger partial charge in [-0.15, -0.1) is 11.3 Å². The fraction of sp³-hybridized carbons (Fsp3) is 0.190. The molecule has 1 atom stereocenters. The van der Waals surface area contributed by atoms with Crippen LogP contribution in [0.2, 0.25) is 0 Å². The summed E-state index contributed by atoms with van der Waals surface area (Å²) in [4.78, 5) is 41.4. The first kappa shape index (κ1) is 22.4. The lowest BCUT2D eigenvalue weighted by Crippen LogP contribution is -2.40. The standard InChI is InChI=1S/C21H15F3N4O4S/c1-20(14-3-2-4-16(9-14)28(31)32)18(29)27(19(30)26-20)10-15-11-33-17(25-15)12-5-7-13(8-6-12)21(22,23)24/h2-9,11H,10H2,1H3,(H,26,30). The molecular weight excluding hydrogens is 461 g/mol. The highest BCUT2D eigenvalue weighted by atomic mass is 32.1. The Hall–Kier alpha value is -3.80. The number of hydrogen-bond donors (Lipinski definition) is 1. The Morgan fingerprint density at radius 2 is 1.88 bits per heavy atom. The van der Waals surface area contributed by atoms with Crippen molar-refractivity contribution in [2.24, 2.45) is 0 Å². The summed E-state index contributed by atoms with van der Waals surface area (Å²) in [5.41, 5.74) is -1.37. The van der Waals surface area contributed by atoms with Gasteiger partial charge >= 0.3 is 12.2 Å². The second-order valence-electron chi connectivity index (χ2n) is 7.47. The molecule has 12 heteroatoms. The number of carbonyl (C=O) groups is 2. The smallest absolute Gasteiger partial charge is 0.319 e. The van der Waals surface area contributed by atoms with Crippen LogP contribution >= 0.6 is 11.3 Å². The van der Waals surface area contributed by atoms with Crippen molar-refractivity contribution < 1.29 is 27.7 Å². The maximum Gasteiger partial charge on any atom is 0.416 e. The molecule has 33 heavy (non-hydrogen) atoms. The molecule has 0 radical (unpaired) electrons. The summed E-state index contributed by atoms with van der Waals surface area (Å²) in [6.07, 6.45) is -4.44. The van der Waals surface area contributed by atoms with Crippen molar-refractivity contribution in [2.45, 2.75) is 25.2 Å². The van der Waals surface area contributed by atoms with Crippen LogP contribution in [0.5, 0.6) is 0 Å². The fourth-order valence-electron chi connectivity index (χ4n) is 3.44. The number of non-ortho nitro benzene ring substituents is 1. The topological polar surface area (TPSA) is 105 Å². The predicted molar refractivity (Wildman–Crippen MR) is 112 cm³/mol. The first-order chi connectivity index (χ1) is 15.5. The number of aromatic nitrogens is 1. The number of halogens is 3. The molecule has 1 aliphatic rings. The number of rotatable bonds is 5. The SMILES string of the molecule is CC1(c2cccc([N+](=O)[O-])c2)NC(=O)N(Cc2csc(-c3ccc(C(F)(F)F)cc3)n2)C1=O. The normalized spacial score (nSPS) is 18.5. The minimum absolute atomic E-state index is 0.160. The number of nitrogens with one attached hydrogen (secondary N) is 1. The van der Waals surface area contributed by atoms with E-state index in [0.717, 1.165) is 17.0 Å². The van der Waals surface area contributed by atoms with Crippen molar-refractivity contribution >= 4 is 29.0 Å². The molecule has 3 aromatic rings. The number of hydrogen-bond acceptors (Lipinski definition) is 6. The van der Waals surface area contributed by atoms with Crippen molar-refractivity contribution in [3.05, 3.63) is 80.8 Å². The Morgan fingerprint density at radius 3 is 2.52 bits per heavy atom. The van der Waals surface area contributed by atoms with Gasteiger partial charge < -0.3 is 5.32 Å². The van der Waals surface area contributed by atoms with Gasteiger partial charge in [0.15, 0.2) is 0 Å². The largest absolute Gasteiger partial charge is 0.416 e. The molecule has 8 nitrogen and oxygen atoms in total. The summed E-state index contributed by atoms with van der Waals surface area (Å²) < 4.78 is 38.3. The number of alkyl halides is 3. The first-order valence-electron chi connectivity index (χ1n) is 9.50.